The summed E-state index contributed by atoms with van der Waals surface area (Å²) in [6.45, 7) is 2.46. The molecule has 0 fully saturated rings. The first kappa shape index (κ1) is 14.0. The summed E-state index contributed by atoms with van der Waals surface area (Å²) in [5.41, 5.74) is 0. The Kier molecular flexibility index (Phi) is 4.30. The Balaban J connectivity index is 2.65. The smallest absolute Gasteiger partial charge is 0.412 e. The molecule has 2 aromatic carbocycles. The Bertz CT molecular complexity index is 625. The molecule has 5 heteroatoms. The predicted octanol–water partition coefficient (Wildman–Crippen LogP) is 2.97. The highest BCUT2D eigenvalue weighted by atomic mass is 16.6. The van der Waals surface area contributed by atoms with Crippen LogP contribution in [0.15, 0.2) is 30.3 Å². The fraction of sp³-hybridized carbons (Fsp3) is 0.267. The van der Waals surface area contributed by atoms with Gasteiger partial charge in [0, 0.05) is 23.9 Å². The predicted molar refractivity (Wildman–Crippen MR) is 76.8 cm³/mol. The van der Waals surface area contributed by atoms with Gasteiger partial charge < -0.3 is 19.5 Å². The summed E-state index contributed by atoms with van der Waals surface area (Å²) in [6, 6.07) is 9.27. The molecule has 0 unspecified atom stereocenters. The van der Waals surface area contributed by atoms with Gasteiger partial charge in [-0.25, -0.2) is 4.79 Å². The van der Waals surface area contributed by atoms with Crippen molar-refractivity contribution in [1.82, 2.24) is 5.32 Å². The van der Waals surface area contributed by atoms with Gasteiger partial charge in [-0.15, -0.1) is 0 Å². The summed E-state index contributed by atoms with van der Waals surface area (Å²) in [5.74, 6) is 1.53. The van der Waals surface area contributed by atoms with E-state index in [0.717, 1.165) is 10.8 Å². The van der Waals surface area contributed by atoms with Gasteiger partial charge in [0.1, 0.15) is 5.75 Å². The van der Waals surface area contributed by atoms with Crippen molar-refractivity contribution in [3.05, 3.63) is 30.3 Å². The minimum atomic E-state index is -0.544. The first-order valence-electron chi connectivity index (χ1n) is 6.33. The quantitative estimate of drug-likeness (QED) is 0.932. The second-order valence-corrected chi connectivity index (χ2v) is 4.02. The molecular weight excluding hydrogens is 258 g/mol. The van der Waals surface area contributed by atoms with Crippen molar-refractivity contribution in [2.24, 2.45) is 0 Å². The Morgan fingerprint density at radius 1 is 1.20 bits per heavy atom. The lowest BCUT2D eigenvalue weighted by atomic mass is 10.1. The molecule has 0 aliphatic heterocycles. The third-order valence-corrected chi connectivity index (χ3v) is 2.84. The van der Waals surface area contributed by atoms with E-state index in [1.54, 1.807) is 6.07 Å². The molecule has 0 radical (unpaired) electrons. The summed E-state index contributed by atoms with van der Waals surface area (Å²) >= 11 is 0. The molecule has 0 spiro atoms. The van der Waals surface area contributed by atoms with E-state index in [9.17, 15) is 4.79 Å². The zero-order valence-corrected chi connectivity index (χ0v) is 11.7. The van der Waals surface area contributed by atoms with Gasteiger partial charge in [0.05, 0.1) is 13.7 Å². The number of carbonyl (C=O) groups is 1. The standard InChI is InChI=1S/C15H17NO4/c1-4-19-12-9-13(18-3)14(20-15(17)16-2)11-8-6-5-7-10(11)12/h5-9H,4H2,1-3H3,(H,16,17). The number of benzene rings is 2. The van der Waals surface area contributed by atoms with E-state index in [0.29, 0.717) is 23.9 Å². The molecule has 5 nitrogen and oxygen atoms in total. The number of rotatable bonds is 4. The van der Waals surface area contributed by atoms with Gasteiger partial charge >= 0.3 is 6.09 Å². The number of fused-ring (bicyclic) bond motifs is 1. The maximum absolute atomic E-state index is 11.5. The van der Waals surface area contributed by atoms with Crippen LogP contribution >= 0.6 is 0 Å². The number of carbonyl (C=O) groups excluding carboxylic acids is 1. The number of amides is 1. The van der Waals surface area contributed by atoms with Gasteiger partial charge in [-0.2, -0.15) is 0 Å². The van der Waals surface area contributed by atoms with Gasteiger partial charge in [-0.3, -0.25) is 0 Å². The summed E-state index contributed by atoms with van der Waals surface area (Å²) in [5, 5.41) is 4.05. The fourth-order valence-electron chi connectivity index (χ4n) is 1.97. The Morgan fingerprint density at radius 2 is 1.90 bits per heavy atom. The highest BCUT2D eigenvalue weighted by Gasteiger charge is 2.17. The minimum Gasteiger partial charge on any atom is -0.493 e. The minimum absolute atomic E-state index is 0.380. The van der Waals surface area contributed by atoms with Crippen LogP contribution in [0.3, 0.4) is 0 Å². The number of hydrogen-bond donors (Lipinski definition) is 1. The van der Waals surface area contributed by atoms with Crippen molar-refractivity contribution in [1.29, 1.82) is 0 Å². The third kappa shape index (κ3) is 2.61. The molecule has 2 rings (SSSR count). The number of methoxy groups -OCH3 is 1. The topological polar surface area (TPSA) is 56.8 Å². The fourth-order valence-corrected chi connectivity index (χ4v) is 1.97. The molecule has 106 valence electrons. The summed E-state index contributed by atoms with van der Waals surface area (Å²) in [7, 11) is 3.03. The van der Waals surface area contributed by atoms with Gasteiger partial charge in [-0.1, -0.05) is 24.3 Å². The average molecular weight is 275 g/mol. The molecule has 20 heavy (non-hydrogen) atoms. The average Bonchev–Trinajstić information content (AvgIpc) is 2.49. The summed E-state index contributed by atoms with van der Waals surface area (Å²) < 4.78 is 16.2. The van der Waals surface area contributed by atoms with Crippen LogP contribution in [0.4, 0.5) is 4.79 Å². The molecule has 0 saturated carbocycles. The molecule has 0 aliphatic rings. The van der Waals surface area contributed by atoms with Crippen LogP contribution in [-0.4, -0.2) is 26.9 Å². The van der Waals surface area contributed by atoms with Crippen molar-refractivity contribution in [2.45, 2.75) is 6.92 Å². The van der Waals surface area contributed by atoms with E-state index >= 15 is 0 Å². The molecule has 1 N–H and O–H groups in total. The van der Waals surface area contributed by atoms with E-state index in [1.165, 1.54) is 14.2 Å². The normalized spacial score (nSPS) is 10.2. The lowest BCUT2D eigenvalue weighted by Crippen LogP contribution is -2.22. The Labute approximate surface area is 117 Å². The van der Waals surface area contributed by atoms with Crippen LogP contribution in [0, 0.1) is 0 Å². The van der Waals surface area contributed by atoms with Gasteiger partial charge in [-0.05, 0) is 6.92 Å². The highest BCUT2D eigenvalue weighted by Crippen LogP contribution is 2.41. The third-order valence-electron chi connectivity index (χ3n) is 2.84. The first-order chi connectivity index (χ1) is 9.71. The van der Waals surface area contributed by atoms with E-state index in [-0.39, 0.29) is 0 Å². The zero-order chi connectivity index (χ0) is 14.5. The highest BCUT2D eigenvalue weighted by molar-refractivity contribution is 5.97. The zero-order valence-electron chi connectivity index (χ0n) is 11.7. The van der Waals surface area contributed by atoms with Crippen LogP contribution in [0.5, 0.6) is 17.2 Å². The SMILES string of the molecule is CCOc1cc(OC)c(OC(=O)NC)c2ccccc12. The Hall–Kier alpha value is -2.43. The van der Waals surface area contributed by atoms with Gasteiger partial charge in [0.2, 0.25) is 0 Å². The molecule has 0 aliphatic carbocycles. The summed E-state index contributed by atoms with van der Waals surface area (Å²) in [4.78, 5) is 11.5. The largest absolute Gasteiger partial charge is 0.493 e. The molecule has 1 amide bonds. The lowest BCUT2D eigenvalue weighted by Gasteiger charge is -2.15. The monoisotopic (exact) mass is 275 g/mol. The maximum Gasteiger partial charge on any atom is 0.412 e. The van der Waals surface area contributed by atoms with Crippen LogP contribution < -0.4 is 19.5 Å². The first-order valence-corrected chi connectivity index (χ1v) is 6.33. The molecule has 0 saturated heterocycles. The summed E-state index contributed by atoms with van der Waals surface area (Å²) in [6.07, 6.45) is -0.544. The van der Waals surface area contributed by atoms with E-state index in [2.05, 4.69) is 5.32 Å². The van der Waals surface area contributed by atoms with Crippen molar-refractivity contribution in [2.75, 3.05) is 20.8 Å². The van der Waals surface area contributed by atoms with Crippen molar-refractivity contribution < 1.29 is 19.0 Å². The second kappa shape index (κ2) is 6.14. The maximum atomic E-state index is 11.5. The molecular formula is C15H17NO4. The molecule has 0 heterocycles. The molecule has 0 bridgehead atoms. The van der Waals surface area contributed by atoms with Gasteiger partial charge in [0.15, 0.2) is 11.5 Å². The Morgan fingerprint density at radius 3 is 2.50 bits per heavy atom. The van der Waals surface area contributed by atoms with Crippen LogP contribution in [0.1, 0.15) is 6.92 Å². The second-order valence-electron chi connectivity index (χ2n) is 4.02. The number of nitrogens with one attached hydrogen (secondary N) is 1. The van der Waals surface area contributed by atoms with E-state index in [4.69, 9.17) is 14.2 Å². The molecule has 2 aromatic rings. The van der Waals surface area contributed by atoms with Crippen molar-refractivity contribution >= 4 is 16.9 Å². The van der Waals surface area contributed by atoms with E-state index in [1.807, 2.05) is 31.2 Å². The number of hydrogen-bond acceptors (Lipinski definition) is 4. The molecule has 0 aromatic heterocycles. The van der Waals surface area contributed by atoms with Crippen LogP contribution in [0.25, 0.3) is 10.8 Å². The van der Waals surface area contributed by atoms with Crippen molar-refractivity contribution in [3.63, 3.8) is 0 Å². The van der Waals surface area contributed by atoms with Crippen LogP contribution in [0.2, 0.25) is 0 Å². The lowest BCUT2D eigenvalue weighted by molar-refractivity contribution is 0.201. The number of ether oxygens (including phenoxy) is 3. The van der Waals surface area contributed by atoms with Gasteiger partial charge in [0.25, 0.3) is 0 Å². The van der Waals surface area contributed by atoms with Crippen molar-refractivity contribution in [3.8, 4) is 17.2 Å². The van der Waals surface area contributed by atoms with Crippen LogP contribution in [-0.2, 0) is 0 Å². The molecule has 0 atom stereocenters. The van der Waals surface area contributed by atoms with E-state index < -0.39 is 6.09 Å².